The van der Waals surface area contributed by atoms with Gasteiger partial charge in [-0.1, -0.05) is 0 Å². The van der Waals surface area contributed by atoms with Crippen molar-refractivity contribution in [3.63, 3.8) is 0 Å². The van der Waals surface area contributed by atoms with E-state index < -0.39 is 0 Å². The molecule has 1 aliphatic heterocycles. The summed E-state index contributed by atoms with van der Waals surface area (Å²) in [6.07, 6.45) is 4.32. The quantitative estimate of drug-likeness (QED) is 0.829. The van der Waals surface area contributed by atoms with Gasteiger partial charge >= 0.3 is 0 Å². The summed E-state index contributed by atoms with van der Waals surface area (Å²) >= 11 is 0. The number of rotatable bonds is 3. The first-order valence-electron chi connectivity index (χ1n) is 6.43. The number of carbonyl (C=O) groups is 1. The van der Waals surface area contributed by atoms with Gasteiger partial charge in [0.15, 0.2) is 0 Å². The van der Waals surface area contributed by atoms with Gasteiger partial charge in [-0.2, -0.15) is 0 Å². The third-order valence-corrected chi connectivity index (χ3v) is 3.23. The summed E-state index contributed by atoms with van der Waals surface area (Å²) in [6.45, 7) is 5.10. The molecule has 0 radical (unpaired) electrons. The molecule has 5 heteroatoms. The summed E-state index contributed by atoms with van der Waals surface area (Å²) in [5.41, 5.74) is 6.24. The number of amides is 1. The van der Waals surface area contributed by atoms with Crippen LogP contribution < -0.4 is 5.73 Å². The molecule has 0 aliphatic carbocycles. The Hall–Kier alpha value is -1.46. The van der Waals surface area contributed by atoms with E-state index in [1.807, 2.05) is 11.0 Å². The molecule has 1 aromatic heterocycles. The van der Waals surface area contributed by atoms with Crippen molar-refractivity contribution in [2.75, 3.05) is 39.3 Å². The standard InChI is InChI=1S/C13H20N4O/c14-4-8-16-6-2-7-17(10-9-16)13(18)12-3-1-5-15-11-12/h1,3,5,11H,2,4,6-10,14H2. The minimum absolute atomic E-state index is 0.0812. The molecule has 0 atom stereocenters. The van der Waals surface area contributed by atoms with Gasteiger partial charge in [0.2, 0.25) is 0 Å². The highest BCUT2D eigenvalue weighted by atomic mass is 16.2. The van der Waals surface area contributed by atoms with E-state index in [4.69, 9.17) is 5.73 Å². The van der Waals surface area contributed by atoms with Gasteiger partial charge in [-0.15, -0.1) is 0 Å². The van der Waals surface area contributed by atoms with Crippen LogP contribution in [0.5, 0.6) is 0 Å². The second kappa shape index (κ2) is 6.47. The van der Waals surface area contributed by atoms with Gasteiger partial charge in [-0.3, -0.25) is 9.78 Å². The van der Waals surface area contributed by atoms with Gasteiger partial charge in [0.25, 0.3) is 5.91 Å². The van der Waals surface area contributed by atoms with Crippen LogP contribution in [0.4, 0.5) is 0 Å². The molecular weight excluding hydrogens is 228 g/mol. The lowest BCUT2D eigenvalue weighted by Crippen LogP contribution is -2.36. The molecule has 1 aliphatic rings. The normalized spacial score (nSPS) is 17.5. The van der Waals surface area contributed by atoms with Crippen LogP contribution in [-0.2, 0) is 0 Å². The first-order valence-corrected chi connectivity index (χ1v) is 6.43. The fourth-order valence-electron chi connectivity index (χ4n) is 2.25. The van der Waals surface area contributed by atoms with E-state index in [0.29, 0.717) is 12.1 Å². The topological polar surface area (TPSA) is 62.5 Å². The Balaban J connectivity index is 1.96. The largest absolute Gasteiger partial charge is 0.337 e. The maximum Gasteiger partial charge on any atom is 0.255 e. The zero-order valence-corrected chi connectivity index (χ0v) is 10.6. The molecule has 0 saturated carbocycles. The van der Waals surface area contributed by atoms with Gasteiger partial charge in [0.1, 0.15) is 0 Å². The molecule has 0 unspecified atom stereocenters. The second-order valence-corrected chi connectivity index (χ2v) is 4.52. The molecule has 1 aromatic rings. The minimum Gasteiger partial charge on any atom is -0.337 e. The van der Waals surface area contributed by atoms with Crippen LogP contribution >= 0.6 is 0 Å². The number of hydrogen-bond donors (Lipinski definition) is 1. The summed E-state index contributed by atoms with van der Waals surface area (Å²) in [5, 5.41) is 0. The van der Waals surface area contributed by atoms with E-state index in [1.54, 1.807) is 18.5 Å². The Morgan fingerprint density at radius 3 is 2.94 bits per heavy atom. The van der Waals surface area contributed by atoms with Crippen LogP contribution in [-0.4, -0.2) is 60.0 Å². The zero-order valence-electron chi connectivity index (χ0n) is 10.6. The highest BCUT2D eigenvalue weighted by Crippen LogP contribution is 2.08. The molecule has 5 nitrogen and oxygen atoms in total. The van der Waals surface area contributed by atoms with Crippen LogP contribution in [0.1, 0.15) is 16.8 Å². The summed E-state index contributed by atoms with van der Waals surface area (Å²) < 4.78 is 0. The highest BCUT2D eigenvalue weighted by molar-refractivity contribution is 5.93. The Kier molecular flexibility index (Phi) is 4.66. The van der Waals surface area contributed by atoms with Gasteiger partial charge in [0.05, 0.1) is 5.56 Å². The zero-order chi connectivity index (χ0) is 12.8. The SMILES string of the molecule is NCCN1CCCN(C(=O)c2cccnc2)CC1. The third kappa shape index (κ3) is 3.27. The van der Waals surface area contributed by atoms with Crippen LogP contribution in [0.2, 0.25) is 0 Å². The summed E-state index contributed by atoms with van der Waals surface area (Å²) in [7, 11) is 0. The second-order valence-electron chi connectivity index (χ2n) is 4.52. The number of carbonyl (C=O) groups excluding carboxylic acids is 1. The van der Waals surface area contributed by atoms with E-state index in [0.717, 1.165) is 39.1 Å². The van der Waals surface area contributed by atoms with E-state index in [-0.39, 0.29) is 5.91 Å². The van der Waals surface area contributed by atoms with Gasteiger partial charge in [-0.25, -0.2) is 0 Å². The van der Waals surface area contributed by atoms with Gasteiger partial charge < -0.3 is 15.5 Å². The number of aromatic nitrogens is 1. The average Bonchev–Trinajstić information content (AvgIpc) is 2.65. The van der Waals surface area contributed by atoms with E-state index in [1.165, 1.54) is 0 Å². The Morgan fingerprint density at radius 1 is 1.33 bits per heavy atom. The fourth-order valence-corrected chi connectivity index (χ4v) is 2.25. The lowest BCUT2D eigenvalue weighted by atomic mass is 10.2. The lowest BCUT2D eigenvalue weighted by Gasteiger charge is -2.21. The lowest BCUT2D eigenvalue weighted by molar-refractivity contribution is 0.0761. The maximum absolute atomic E-state index is 12.3. The predicted molar refractivity (Wildman–Crippen MR) is 70.3 cm³/mol. The van der Waals surface area contributed by atoms with Gasteiger partial charge in [-0.05, 0) is 25.1 Å². The molecule has 2 heterocycles. The summed E-state index contributed by atoms with van der Waals surface area (Å²) in [4.78, 5) is 20.5. The fraction of sp³-hybridized carbons (Fsp3) is 0.538. The molecule has 1 saturated heterocycles. The number of pyridine rings is 1. The average molecular weight is 248 g/mol. The van der Waals surface area contributed by atoms with Crippen molar-refractivity contribution < 1.29 is 4.79 Å². The molecular formula is C13H20N4O. The predicted octanol–water partition coefficient (Wildman–Crippen LogP) is 0.188. The highest BCUT2D eigenvalue weighted by Gasteiger charge is 2.19. The Morgan fingerprint density at radius 2 is 2.22 bits per heavy atom. The molecule has 2 N–H and O–H groups in total. The maximum atomic E-state index is 12.3. The molecule has 2 rings (SSSR count). The molecule has 1 fully saturated rings. The van der Waals surface area contributed by atoms with Crippen LogP contribution in [0.15, 0.2) is 24.5 Å². The molecule has 18 heavy (non-hydrogen) atoms. The monoisotopic (exact) mass is 248 g/mol. The van der Waals surface area contributed by atoms with Crippen molar-refractivity contribution in [1.29, 1.82) is 0 Å². The first kappa shape index (κ1) is 13.0. The molecule has 1 amide bonds. The van der Waals surface area contributed by atoms with E-state index in [9.17, 15) is 4.79 Å². The van der Waals surface area contributed by atoms with Crippen LogP contribution in [0.3, 0.4) is 0 Å². The van der Waals surface area contributed by atoms with Crippen molar-refractivity contribution >= 4 is 5.91 Å². The molecule has 0 spiro atoms. The van der Waals surface area contributed by atoms with Gasteiger partial charge in [0, 0.05) is 45.1 Å². The van der Waals surface area contributed by atoms with Crippen molar-refractivity contribution in [3.8, 4) is 0 Å². The third-order valence-electron chi connectivity index (χ3n) is 3.23. The number of nitrogens with zero attached hydrogens (tertiary/aromatic N) is 3. The van der Waals surface area contributed by atoms with Crippen molar-refractivity contribution in [2.24, 2.45) is 5.73 Å². The van der Waals surface area contributed by atoms with E-state index >= 15 is 0 Å². The van der Waals surface area contributed by atoms with Crippen molar-refractivity contribution in [1.82, 2.24) is 14.8 Å². The molecule has 0 bridgehead atoms. The first-order chi connectivity index (χ1) is 8.81. The summed E-state index contributed by atoms with van der Waals surface area (Å²) in [5.74, 6) is 0.0812. The molecule has 0 aromatic carbocycles. The molecule has 98 valence electrons. The number of hydrogen-bond acceptors (Lipinski definition) is 4. The summed E-state index contributed by atoms with van der Waals surface area (Å²) in [6, 6.07) is 3.61. The van der Waals surface area contributed by atoms with Crippen LogP contribution in [0.25, 0.3) is 0 Å². The Bertz CT molecular complexity index is 382. The smallest absolute Gasteiger partial charge is 0.255 e. The van der Waals surface area contributed by atoms with Crippen LogP contribution in [0, 0.1) is 0 Å². The van der Waals surface area contributed by atoms with Crippen molar-refractivity contribution in [2.45, 2.75) is 6.42 Å². The minimum atomic E-state index is 0.0812. The number of nitrogens with two attached hydrogens (primary N) is 1. The van der Waals surface area contributed by atoms with Crippen molar-refractivity contribution in [3.05, 3.63) is 30.1 Å². The van der Waals surface area contributed by atoms with E-state index in [2.05, 4.69) is 9.88 Å². The Labute approximate surface area is 108 Å².